The molecular weight excluding hydrogens is 338 g/mol. The number of benzene rings is 1. The van der Waals surface area contributed by atoms with Gasteiger partial charge < -0.3 is 14.8 Å². The van der Waals surface area contributed by atoms with E-state index in [1.807, 2.05) is 24.4 Å². The summed E-state index contributed by atoms with van der Waals surface area (Å²) < 4.78 is 11.3. The van der Waals surface area contributed by atoms with Crippen LogP contribution < -0.4 is 14.8 Å². The van der Waals surface area contributed by atoms with E-state index in [0.717, 1.165) is 48.9 Å². The largest absolute Gasteiger partial charge is 0.493 e. The molecule has 2 aliphatic heterocycles. The minimum Gasteiger partial charge on any atom is -0.493 e. The minimum absolute atomic E-state index is 0.509. The Kier molecular flexibility index (Phi) is 5.70. The molecule has 0 aliphatic carbocycles. The fraction of sp³-hybridized carbons (Fsp3) is 0.409. The first-order valence-electron chi connectivity index (χ1n) is 9.67. The van der Waals surface area contributed by atoms with Gasteiger partial charge in [-0.2, -0.15) is 0 Å². The molecule has 1 fully saturated rings. The number of likely N-dealkylation sites (tertiary alicyclic amines) is 1. The summed E-state index contributed by atoms with van der Waals surface area (Å²) in [5.41, 5.74) is 3.52. The number of rotatable bonds is 6. The molecule has 0 amide bonds. The number of para-hydroxylation sites is 1. The molecule has 1 atom stereocenters. The summed E-state index contributed by atoms with van der Waals surface area (Å²) >= 11 is 0. The Labute approximate surface area is 161 Å². The molecule has 1 N–H and O–H groups in total. The molecule has 1 aromatic carbocycles. The fourth-order valence-electron chi connectivity index (χ4n) is 3.85. The molecule has 0 radical (unpaired) electrons. The molecule has 5 nitrogen and oxygen atoms in total. The molecule has 4 rings (SSSR count). The van der Waals surface area contributed by atoms with Crippen molar-refractivity contribution in [2.45, 2.75) is 25.4 Å². The summed E-state index contributed by atoms with van der Waals surface area (Å²) in [6, 6.07) is 12.7. The summed E-state index contributed by atoms with van der Waals surface area (Å²) in [4.78, 5) is 6.95. The van der Waals surface area contributed by atoms with E-state index in [1.54, 1.807) is 7.11 Å². The van der Waals surface area contributed by atoms with Crippen LogP contribution in [0.5, 0.6) is 11.5 Å². The quantitative estimate of drug-likeness (QED) is 0.852. The molecule has 3 heterocycles. The van der Waals surface area contributed by atoms with E-state index in [9.17, 15) is 0 Å². The molecule has 5 heteroatoms. The smallest absolute Gasteiger partial charge is 0.168 e. The first kappa shape index (κ1) is 18.0. The van der Waals surface area contributed by atoms with E-state index in [1.165, 1.54) is 18.4 Å². The number of piperidine rings is 1. The van der Waals surface area contributed by atoms with Crippen LogP contribution in [0.15, 0.2) is 48.2 Å². The Morgan fingerprint density at radius 1 is 1.26 bits per heavy atom. The van der Waals surface area contributed by atoms with Crippen LogP contribution in [0.4, 0.5) is 0 Å². The standard InChI is InChI=1S/C22H27N3O2/c1-26-21-9-4-6-18-12-17(16-27-22(18)21)13-24-20-8-5-11-25(15-20)14-19-7-2-3-10-23-19/h2-4,6-7,9-10,12,20,24H,5,8,11,13-16H2,1H3/t20-/m0/s1. The van der Waals surface area contributed by atoms with Gasteiger partial charge in [0.15, 0.2) is 11.5 Å². The zero-order valence-corrected chi connectivity index (χ0v) is 15.9. The topological polar surface area (TPSA) is 46.6 Å². The Hall–Kier alpha value is -2.37. The van der Waals surface area contributed by atoms with Gasteiger partial charge in [-0.05, 0) is 49.2 Å². The van der Waals surface area contributed by atoms with Crippen LogP contribution in [0, 0.1) is 0 Å². The van der Waals surface area contributed by atoms with Crippen molar-refractivity contribution in [2.75, 3.05) is 33.4 Å². The van der Waals surface area contributed by atoms with Gasteiger partial charge in [0.05, 0.1) is 12.8 Å². The Balaban J connectivity index is 1.32. The van der Waals surface area contributed by atoms with Crippen LogP contribution in [0.25, 0.3) is 6.08 Å². The summed E-state index contributed by atoms with van der Waals surface area (Å²) in [5, 5.41) is 3.72. The van der Waals surface area contributed by atoms with Crippen molar-refractivity contribution in [2.24, 2.45) is 0 Å². The lowest BCUT2D eigenvalue weighted by Gasteiger charge is -2.33. The van der Waals surface area contributed by atoms with E-state index in [2.05, 4.69) is 39.5 Å². The fourth-order valence-corrected chi connectivity index (χ4v) is 3.85. The van der Waals surface area contributed by atoms with Crippen molar-refractivity contribution in [3.05, 3.63) is 59.4 Å². The highest BCUT2D eigenvalue weighted by Crippen LogP contribution is 2.35. The highest BCUT2D eigenvalue weighted by Gasteiger charge is 2.21. The van der Waals surface area contributed by atoms with Crippen LogP contribution in [-0.4, -0.2) is 49.3 Å². The lowest BCUT2D eigenvalue weighted by molar-refractivity contribution is 0.183. The van der Waals surface area contributed by atoms with Gasteiger partial charge in [0.1, 0.15) is 6.61 Å². The summed E-state index contributed by atoms with van der Waals surface area (Å²) in [5.74, 6) is 1.65. The van der Waals surface area contributed by atoms with E-state index >= 15 is 0 Å². The first-order valence-corrected chi connectivity index (χ1v) is 9.67. The number of hydrogen-bond acceptors (Lipinski definition) is 5. The Morgan fingerprint density at radius 3 is 3.07 bits per heavy atom. The number of aromatic nitrogens is 1. The molecule has 0 bridgehead atoms. The van der Waals surface area contributed by atoms with Crippen LogP contribution in [0.2, 0.25) is 0 Å². The third-order valence-corrected chi connectivity index (χ3v) is 5.23. The van der Waals surface area contributed by atoms with Gasteiger partial charge in [0.2, 0.25) is 0 Å². The zero-order valence-electron chi connectivity index (χ0n) is 15.9. The second kappa shape index (κ2) is 8.55. The lowest BCUT2D eigenvalue weighted by Crippen LogP contribution is -2.46. The van der Waals surface area contributed by atoms with Crippen molar-refractivity contribution in [1.29, 1.82) is 0 Å². The van der Waals surface area contributed by atoms with E-state index < -0.39 is 0 Å². The predicted octanol–water partition coefficient (Wildman–Crippen LogP) is 3.12. The molecule has 27 heavy (non-hydrogen) atoms. The van der Waals surface area contributed by atoms with Crippen molar-refractivity contribution >= 4 is 6.08 Å². The second-order valence-corrected chi connectivity index (χ2v) is 7.25. The predicted molar refractivity (Wildman–Crippen MR) is 107 cm³/mol. The van der Waals surface area contributed by atoms with Gasteiger partial charge in [0.25, 0.3) is 0 Å². The number of nitrogens with one attached hydrogen (secondary N) is 1. The minimum atomic E-state index is 0.509. The summed E-state index contributed by atoms with van der Waals surface area (Å²) in [7, 11) is 1.68. The van der Waals surface area contributed by atoms with E-state index in [4.69, 9.17) is 9.47 Å². The van der Waals surface area contributed by atoms with Crippen molar-refractivity contribution in [1.82, 2.24) is 15.2 Å². The normalized spacial score (nSPS) is 19.7. The Bertz CT molecular complexity index is 791. The van der Waals surface area contributed by atoms with Crippen molar-refractivity contribution in [3.63, 3.8) is 0 Å². The van der Waals surface area contributed by atoms with Crippen LogP contribution in [0.3, 0.4) is 0 Å². The number of fused-ring (bicyclic) bond motifs is 1. The number of nitrogens with zero attached hydrogens (tertiary/aromatic N) is 2. The maximum Gasteiger partial charge on any atom is 0.168 e. The monoisotopic (exact) mass is 365 g/mol. The van der Waals surface area contributed by atoms with Gasteiger partial charge in [-0.15, -0.1) is 0 Å². The highest BCUT2D eigenvalue weighted by molar-refractivity contribution is 5.66. The SMILES string of the molecule is COc1cccc2c1OCC(CN[C@H]1CCCN(Cc3ccccn3)C1)=C2. The molecule has 2 aliphatic rings. The molecule has 0 spiro atoms. The number of ether oxygens (including phenoxy) is 2. The number of methoxy groups -OCH3 is 1. The molecule has 1 aromatic heterocycles. The highest BCUT2D eigenvalue weighted by atomic mass is 16.5. The lowest BCUT2D eigenvalue weighted by atomic mass is 10.0. The van der Waals surface area contributed by atoms with Gasteiger partial charge in [-0.1, -0.05) is 18.2 Å². The number of hydrogen-bond donors (Lipinski definition) is 1. The number of pyridine rings is 1. The molecule has 142 valence electrons. The van der Waals surface area contributed by atoms with Crippen molar-refractivity contribution < 1.29 is 9.47 Å². The average molecular weight is 365 g/mol. The molecule has 0 unspecified atom stereocenters. The summed E-state index contributed by atoms with van der Waals surface area (Å²) in [6.07, 6.45) is 6.54. The molecule has 2 aromatic rings. The maximum atomic E-state index is 5.95. The van der Waals surface area contributed by atoms with Gasteiger partial charge in [-0.25, -0.2) is 0 Å². The summed E-state index contributed by atoms with van der Waals surface area (Å²) in [6.45, 7) is 4.62. The second-order valence-electron chi connectivity index (χ2n) is 7.25. The van der Waals surface area contributed by atoms with Crippen LogP contribution in [0.1, 0.15) is 24.1 Å². The average Bonchev–Trinajstić information content (AvgIpc) is 2.72. The third-order valence-electron chi connectivity index (χ3n) is 5.23. The maximum absolute atomic E-state index is 5.95. The zero-order chi connectivity index (χ0) is 18.5. The van der Waals surface area contributed by atoms with Crippen LogP contribution in [-0.2, 0) is 6.54 Å². The van der Waals surface area contributed by atoms with E-state index in [-0.39, 0.29) is 0 Å². The Morgan fingerprint density at radius 2 is 2.22 bits per heavy atom. The molecular formula is C22H27N3O2. The molecule has 1 saturated heterocycles. The van der Waals surface area contributed by atoms with Gasteiger partial charge in [-0.3, -0.25) is 9.88 Å². The van der Waals surface area contributed by atoms with Gasteiger partial charge >= 0.3 is 0 Å². The first-order chi connectivity index (χ1) is 13.3. The third kappa shape index (κ3) is 4.49. The van der Waals surface area contributed by atoms with Crippen LogP contribution >= 0.6 is 0 Å². The van der Waals surface area contributed by atoms with Gasteiger partial charge in [0, 0.05) is 37.4 Å². The van der Waals surface area contributed by atoms with E-state index in [0.29, 0.717) is 12.6 Å². The van der Waals surface area contributed by atoms with Crippen molar-refractivity contribution in [3.8, 4) is 11.5 Å². The molecule has 0 saturated carbocycles.